The maximum Gasteiger partial charge on any atom is 0.387 e. The van der Waals surface area contributed by atoms with Crippen molar-refractivity contribution in [2.24, 2.45) is 4.99 Å². The third-order valence-electron chi connectivity index (χ3n) is 4.22. The van der Waals surface area contributed by atoms with Crippen molar-refractivity contribution in [3.63, 3.8) is 0 Å². The Morgan fingerprint density at radius 2 is 1.86 bits per heavy atom. The van der Waals surface area contributed by atoms with Crippen molar-refractivity contribution >= 4 is 29.9 Å². The molecule has 1 aromatic carbocycles. The Morgan fingerprint density at radius 3 is 2.39 bits per heavy atom. The molecule has 0 amide bonds. The van der Waals surface area contributed by atoms with Crippen molar-refractivity contribution in [2.75, 3.05) is 19.7 Å². The summed E-state index contributed by atoms with van der Waals surface area (Å²) in [7, 11) is 0. The average molecular weight is 515 g/mol. The van der Waals surface area contributed by atoms with E-state index in [0.29, 0.717) is 44.1 Å². The molecule has 0 saturated heterocycles. The molecule has 0 atom stereocenters. The van der Waals surface area contributed by atoms with Crippen LogP contribution in [0.4, 0.5) is 8.78 Å². The molecule has 0 aliphatic heterocycles. The molecule has 0 fully saturated rings. The van der Waals surface area contributed by atoms with Gasteiger partial charge in [-0.15, -0.1) is 24.0 Å². The fourth-order valence-electron chi connectivity index (χ4n) is 2.43. The molecule has 1 rings (SSSR count). The Labute approximate surface area is 183 Å². The predicted molar refractivity (Wildman–Crippen MR) is 118 cm³/mol. The van der Waals surface area contributed by atoms with E-state index in [2.05, 4.69) is 20.4 Å². The van der Waals surface area contributed by atoms with Crippen LogP contribution >= 0.6 is 24.0 Å². The van der Waals surface area contributed by atoms with Gasteiger partial charge in [-0.25, -0.2) is 4.99 Å². The van der Waals surface area contributed by atoms with E-state index in [9.17, 15) is 13.9 Å². The third kappa shape index (κ3) is 8.76. The Bertz CT molecular complexity index is 600. The minimum atomic E-state index is -2.95. The zero-order valence-electron chi connectivity index (χ0n) is 16.9. The van der Waals surface area contributed by atoms with Gasteiger partial charge in [0.2, 0.25) is 0 Å². The van der Waals surface area contributed by atoms with Crippen molar-refractivity contribution in [1.82, 2.24) is 10.6 Å². The normalized spacial score (nSPS) is 11.8. The molecular weight excluding hydrogens is 483 g/mol. The van der Waals surface area contributed by atoms with E-state index in [1.165, 1.54) is 0 Å². The van der Waals surface area contributed by atoms with E-state index in [0.717, 1.165) is 0 Å². The van der Waals surface area contributed by atoms with Crippen molar-refractivity contribution in [3.8, 4) is 11.5 Å². The van der Waals surface area contributed by atoms with Crippen LogP contribution in [0.5, 0.6) is 11.5 Å². The SMILES string of the molecule is CCNC(=NCc1cccc(OCC)c1OC(F)F)NCC(O)(CC)CC.I. The highest BCUT2D eigenvalue weighted by Crippen LogP contribution is 2.33. The summed E-state index contributed by atoms with van der Waals surface area (Å²) in [6.45, 7) is 6.00. The van der Waals surface area contributed by atoms with Crippen LogP contribution in [0.1, 0.15) is 46.1 Å². The number of nitrogens with one attached hydrogen (secondary N) is 2. The first-order chi connectivity index (χ1) is 12.9. The third-order valence-corrected chi connectivity index (χ3v) is 4.22. The molecule has 0 aliphatic carbocycles. The number of ether oxygens (including phenoxy) is 2. The van der Waals surface area contributed by atoms with Crippen LogP contribution < -0.4 is 20.1 Å². The van der Waals surface area contributed by atoms with E-state index < -0.39 is 12.2 Å². The van der Waals surface area contributed by atoms with Crippen LogP contribution in [0.3, 0.4) is 0 Å². The summed E-state index contributed by atoms with van der Waals surface area (Å²) in [5.74, 6) is 0.741. The van der Waals surface area contributed by atoms with Crippen LogP contribution in [0.15, 0.2) is 23.2 Å². The molecule has 28 heavy (non-hydrogen) atoms. The molecule has 3 N–H and O–H groups in total. The van der Waals surface area contributed by atoms with Gasteiger partial charge in [0.1, 0.15) is 0 Å². The molecule has 0 aliphatic rings. The Morgan fingerprint density at radius 1 is 1.18 bits per heavy atom. The van der Waals surface area contributed by atoms with Crippen molar-refractivity contribution in [3.05, 3.63) is 23.8 Å². The zero-order valence-corrected chi connectivity index (χ0v) is 19.3. The smallest absolute Gasteiger partial charge is 0.387 e. The number of para-hydroxylation sites is 1. The van der Waals surface area contributed by atoms with Gasteiger partial charge in [0.15, 0.2) is 17.5 Å². The average Bonchev–Trinajstić information content (AvgIpc) is 2.65. The maximum atomic E-state index is 12.8. The van der Waals surface area contributed by atoms with Gasteiger partial charge in [0, 0.05) is 18.7 Å². The van der Waals surface area contributed by atoms with Gasteiger partial charge in [-0.1, -0.05) is 26.0 Å². The van der Waals surface area contributed by atoms with Crippen LogP contribution in [0.25, 0.3) is 0 Å². The highest BCUT2D eigenvalue weighted by molar-refractivity contribution is 14.0. The highest BCUT2D eigenvalue weighted by atomic mass is 127. The summed E-state index contributed by atoms with van der Waals surface area (Å²) >= 11 is 0. The number of hydrogen-bond donors (Lipinski definition) is 3. The number of aliphatic hydroxyl groups is 1. The highest BCUT2D eigenvalue weighted by Gasteiger charge is 2.22. The van der Waals surface area contributed by atoms with Gasteiger partial charge in [0.05, 0.1) is 18.8 Å². The van der Waals surface area contributed by atoms with Crippen LogP contribution in [0.2, 0.25) is 0 Å². The van der Waals surface area contributed by atoms with E-state index in [4.69, 9.17) is 4.74 Å². The first-order valence-electron chi connectivity index (χ1n) is 9.33. The van der Waals surface area contributed by atoms with Gasteiger partial charge < -0.3 is 25.2 Å². The van der Waals surface area contributed by atoms with E-state index in [1.807, 2.05) is 20.8 Å². The number of guanidine groups is 1. The minimum Gasteiger partial charge on any atom is -0.490 e. The van der Waals surface area contributed by atoms with Crippen LogP contribution in [-0.4, -0.2) is 43.0 Å². The largest absolute Gasteiger partial charge is 0.490 e. The fourth-order valence-corrected chi connectivity index (χ4v) is 2.43. The zero-order chi connectivity index (χ0) is 20.3. The Hall–Kier alpha value is -1.36. The summed E-state index contributed by atoms with van der Waals surface area (Å²) in [4.78, 5) is 4.43. The second kappa shape index (κ2) is 13.8. The standard InChI is InChI=1S/C19H31F2N3O3.HI/c1-5-19(25,6-2)13-24-18(22-7-3)23-12-14-10-9-11-15(26-8-4)16(14)27-17(20)21;/h9-11,17,25H,5-8,12-13H2,1-4H3,(H2,22,23,24);1H. The summed E-state index contributed by atoms with van der Waals surface area (Å²) < 4.78 is 35.7. The lowest BCUT2D eigenvalue weighted by Crippen LogP contribution is -2.46. The molecular formula is C19H32F2IN3O3. The van der Waals surface area contributed by atoms with Gasteiger partial charge >= 0.3 is 6.61 Å². The molecule has 0 spiro atoms. The number of benzene rings is 1. The van der Waals surface area contributed by atoms with E-state index >= 15 is 0 Å². The van der Waals surface area contributed by atoms with Crippen molar-refractivity contribution in [2.45, 2.75) is 59.3 Å². The lowest BCUT2D eigenvalue weighted by Gasteiger charge is -2.26. The number of aliphatic imine (C=N–C) groups is 1. The lowest BCUT2D eigenvalue weighted by molar-refractivity contribution is -0.0520. The monoisotopic (exact) mass is 515 g/mol. The molecule has 0 aromatic heterocycles. The Kier molecular flexibility index (Phi) is 13.1. The number of alkyl halides is 2. The number of hydrogen-bond acceptors (Lipinski definition) is 4. The summed E-state index contributed by atoms with van der Waals surface area (Å²) in [6.07, 6.45) is 1.22. The molecule has 0 saturated carbocycles. The van der Waals surface area contributed by atoms with Crippen molar-refractivity contribution < 1.29 is 23.4 Å². The minimum absolute atomic E-state index is 0. The molecule has 6 nitrogen and oxygen atoms in total. The maximum absolute atomic E-state index is 12.8. The van der Waals surface area contributed by atoms with E-state index in [1.54, 1.807) is 25.1 Å². The molecule has 9 heteroatoms. The molecule has 0 bridgehead atoms. The quantitative estimate of drug-likeness (QED) is 0.237. The Balaban J connectivity index is 0.00000729. The number of rotatable bonds is 11. The molecule has 162 valence electrons. The molecule has 0 unspecified atom stereocenters. The molecule has 0 heterocycles. The van der Waals surface area contributed by atoms with Gasteiger partial charge in [-0.3, -0.25) is 0 Å². The fraction of sp³-hybridized carbons (Fsp3) is 0.632. The molecule has 0 radical (unpaired) electrons. The second-order valence-corrected chi connectivity index (χ2v) is 6.04. The summed E-state index contributed by atoms with van der Waals surface area (Å²) in [5.41, 5.74) is -0.339. The number of nitrogens with zero attached hydrogens (tertiary/aromatic N) is 1. The van der Waals surface area contributed by atoms with Crippen molar-refractivity contribution in [1.29, 1.82) is 0 Å². The number of halogens is 3. The second-order valence-electron chi connectivity index (χ2n) is 6.04. The van der Waals surface area contributed by atoms with Gasteiger partial charge in [-0.2, -0.15) is 8.78 Å². The van der Waals surface area contributed by atoms with Gasteiger partial charge in [-0.05, 0) is 32.8 Å². The van der Waals surface area contributed by atoms with E-state index in [-0.39, 0.29) is 42.0 Å². The van der Waals surface area contributed by atoms with Crippen LogP contribution in [-0.2, 0) is 6.54 Å². The summed E-state index contributed by atoms with van der Waals surface area (Å²) in [6, 6.07) is 4.96. The topological polar surface area (TPSA) is 75.1 Å². The molecule has 1 aromatic rings. The van der Waals surface area contributed by atoms with Crippen LogP contribution in [0, 0.1) is 0 Å². The predicted octanol–water partition coefficient (Wildman–Crippen LogP) is 3.91. The lowest BCUT2D eigenvalue weighted by atomic mass is 9.98. The first-order valence-corrected chi connectivity index (χ1v) is 9.33. The van der Waals surface area contributed by atoms with Gasteiger partial charge in [0.25, 0.3) is 0 Å². The summed E-state index contributed by atoms with van der Waals surface area (Å²) in [5, 5.41) is 16.6. The first kappa shape index (κ1) is 26.6.